The molecule has 0 amide bonds. The summed E-state index contributed by atoms with van der Waals surface area (Å²) in [5.74, 6) is -0.246. The molecule has 2 nitrogen and oxygen atoms in total. The van der Waals surface area contributed by atoms with Crippen LogP contribution < -0.4 is 0 Å². The van der Waals surface area contributed by atoms with Gasteiger partial charge in [-0.15, -0.1) is 0 Å². The van der Waals surface area contributed by atoms with Crippen LogP contribution in [0.4, 0.5) is 0 Å². The first-order valence-corrected chi connectivity index (χ1v) is 6.84. The van der Waals surface area contributed by atoms with Crippen LogP contribution in [0.25, 0.3) is 6.08 Å². The molecule has 20 heavy (non-hydrogen) atoms. The highest BCUT2D eigenvalue weighted by atomic mass is 16.5. The lowest BCUT2D eigenvalue weighted by Gasteiger charge is -2.16. The number of benzene rings is 2. The van der Waals surface area contributed by atoms with Gasteiger partial charge in [0, 0.05) is 11.5 Å². The maximum Gasteiger partial charge on any atom is 0.334 e. The van der Waals surface area contributed by atoms with Crippen molar-refractivity contribution in [3.8, 4) is 0 Å². The number of rotatable bonds is 3. The van der Waals surface area contributed by atoms with Crippen molar-refractivity contribution in [3.63, 3.8) is 0 Å². The summed E-state index contributed by atoms with van der Waals surface area (Å²) in [5, 5.41) is 0. The molecule has 2 aromatic carbocycles. The predicted octanol–water partition coefficient (Wildman–Crippen LogP) is 3.78. The molecule has 0 aliphatic heterocycles. The molecule has 3 rings (SSSR count). The summed E-state index contributed by atoms with van der Waals surface area (Å²) in [6, 6.07) is 18.2. The monoisotopic (exact) mass is 264 g/mol. The average Bonchev–Trinajstić information content (AvgIpc) is 2.88. The Hall–Kier alpha value is -2.35. The van der Waals surface area contributed by atoms with E-state index in [-0.39, 0.29) is 11.9 Å². The first kappa shape index (κ1) is 12.7. The van der Waals surface area contributed by atoms with Gasteiger partial charge in [-0.2, -0.15) is 0 Å². The summed E-state index contributed by atoms with van der Waals surface area (Å²) >= 11 is 0. The fraction of sp³-hybridized carbons (Fsp3) is 0.167. The van der Waals surface area contributed by atoms with Gasteiger partial charge in [0.1, 0.15) is 0 Å². The Bertz CT molecular complexity index is 656. The molecule has 0 saturated heterocycles. The van der Waals surface area contributed by atoms with Crippen LogP contribution in [0, 0.1) is 0 Å². The van der Waals surface area contributed by atoms with Gasteiger partial charge in [0.05, 0.1) is 6.61 Å². The van der Waals surface area contributed by atoms with Crippen molar-refractivity contribution in [2.45, 2.75) is 12.8 Å². The van der Waals surface area contributed by atoms with Gasteiger partial charge in [0.25, 0.3) is 0 Å². The molecule has 0 saturated carbocycles. The van der Waals surface area contributed by atoms with Gasteiger partial charge < -0.3 is 4.74 Å². The molecule has 1 aliphatic carbocycles. The first-order valence-electron chi connectivity index (χ1n) is 6.84. The predicted molar refractivity (Wildman–Crippen MR) is 79.3 cm³/mol. The number of carbonyl (C=O) groups is 1. The van der Waals surface area contributed by atoms with Crippen molar-refractivity contribution in [1.29, 1.82) is 0 Å². The summed E-state index contributed by atoms with van der Waals surface area (Å²) in [6.45, 7) is 2.23. The third kappa shape index (κ3) is 2.14. The molecule has 1 aliphatic rings. The smallest absolute Gasteiger partial charge is 0.334 e. The van der Waals surface area contributed by atoms with E-state index in [1.54, 1.807) is 0 Å². The van der Waals surface area contributed by atoms with Crippen molar-refractivity contribution >= 4 is 12.0 Å². The zero-order chi connectivity index (χ0) is 13.9. The summed E-state index contributed by atoms with van der Waals surface area (Å²) in [6.07, 6.45) is 1.95. The third-order valence-electron chi connectivity index (χ3n) is 3.57. The number of ether oxygens (including phenoxy) is 1. The Labute approximate surface area is 118 Å². The van der Waals surface area contributed by atoms with Gasteiger partial charge in [-0.25, -0.2) is 4.79 Å². The standard InChI is InChI=1S/C18H16O2/c1-2-20-18(19)16-12-14-10-6-7-11-15(14)17(16)13-8-4-3-5-9-13/h3-12,17H,2H2,1H3. The zero-order valence-corrected chi connectivity index (χ0v) is 11.4. The number of hydrogen-bond acceptors (Lipinski definition) is 2. The van der Waals surface area contributed by atoms with Crippen LogP contribution in [0.15, 0.2) is 60.2 Å². The summed E-state index contributed by atoms with van der Waals surface area (Å²) < 4.78 is 5.20. The summed E-state index contributed by atoms with van der Waals surface area (Å²) in [5.41, 5.74) is 4.11. The van der Waals surface area contributed by atoms with E-state index in [4.69, 9.17) is 4.74 Å². The molecule has 0 bridgehead atoms. The molecular formula is C18H16O2. The highest BCUT2D eigenvalue weighted by molar-refractivity contribution is 5.99. The van der Waals surface area contributed by atoms with E-state index >= 15 is 0 Å². The van der Waals surface area contributed by atoms with E-state index in [2.05, 4.69) is 18.2 Å². The molecule has 1 atom stereocenters. The van der Waals surface area contributed by atoms with Gasteiger partial charge in [-0.3, -0.25) is 0 Å². The maximum absolute atomic E-state index is 12.2. The molecule has 0 aromatic heterocycles. The Morgan fingerprint density at radius 2 is 1.75 bits per heavy atom. The number of esters is 1. The van der Waals surface area contributed by atoms with Crippen molar-refractivity contribution < 1.29 is 9.53 Å². The summed E-state index contributed by atoms with van der Waals surface area (Å²) in [7, 11) is 0. The van der Waals surface area contributed by atoms with Gasteiger partial charge in [0.2, 0.25) is 0 Å². The minimum atomic E-state index is -0.224. The largest absolute Gasteiger partial charge is 0.463 e. The normalized spacial score (nSPS) is 16.4. The molecule has 100 valence electrons. The quantitative estimate of drug-likeness (QED) is 0.789. The third-order valence-corrected chi connectivity index (χ3v) is 3.57. The minimum Gasteiger partial charge on any atom is -0.463 e. The number of fused-ring (bicyclic) bond motifs is 1. The van der Waals surface area contributed by atoms with E-state index in [1.807, 2.05) is 49.4 Å². The Kier molecular flexibility index (Phi) is 3.38. The lowest BCUT2D eigenvalue weighted by atomic mass is 9.88. The van der Waals surface area contributed by atoms with E-state index in [0.717, 1.165) is 16.7 Å². The lowest BCUT2D eigenvalue weighted by molar-refractivity contribution is -0.138. The Balaban J connectivity index is 2.08. The van der Waals surface area contributed by atoms with Gasteiger partial charge in [-0.1, -0.05) is 54.6 Å². The highest BCUT2D eigenvalue weighted by Gasteiger charge is 2.31. The van der Waals surface area contributed by atoms with Crippen LogP contribution in [-0.4, -0.2) is 12.6 Å². The van der Waals surface area contributed by atoms with E-state index in [0.29, 0.717) is 6.61 Å². The average molecular weight is 264 g/mol. The molecule has 0 N–H and O–H groups in total. The summed E-state index contributed by atoms with van der Waals surface area (Å²) in [4.78, 5) is 12.2. The second kappa shape index (κ2) is 5.33. The fourth-order valence-electron chi connectivity index (χ4n) is 2.72. The second-order valence-corrected chi connectivity index (χ2v) is 4.79. The van der Waals surface area contributed by atoms with Gasteiger partial charge >= 0.3 is 5.97 Å². The molecule has 0 fully saturated rings. The molecule has 2 aromatic rings. The van der Waals surface area contributed by atoms with Crippen molar-refractivity contribution in [2.24, 2.45) is 0 Å². The van der Waals surface area contributed by atoms with Crippen LogP contribution in [-0.2, 0) is 9.53 Å². The molecular weight excluding hydrogens is 248 g/mol. The van der Waals surface area contributed by atoms with Crippen LogP contribution in [0.5, 0.6) is 0 Å². The maximum atomic E-state index is 12.2. The Morgan fingerprint density at radius 3 is 2.50 bits per heavy atom. The van der Waals surface area contributed by atoms with Gasteiger partial charge in [-0.05, 0) is 29.7 Å². The first-order chi connectivity index (χ1) is 9.81. The van der Waals surface area contributed by atoms with E-state index in [1.165, 1.54) is 5.56 Å². The number of carbonyl (C=O) groups excluding carboxylic acids is 1. The highest BCUT2D eigenvalue weighted by Crippen LogP contribution is 2.41. The molecule has 0 spiro atoms. The van der Waals surface area contributed by atoms with E-state index in [9.17, 15) is 4.79 Å². The van der Waals surface area contributed by atoms with Crippen molar-refractivity contribution in [2.75, 3.05) is 6.61 Å². The molecule has 0 heterocycles. The van der Waals surface area contributed by atoms with Crippen LogP contribution >= 0.6 is 0 Å². The lowest BCUT2D eigenvalue weighted by Crippen LogP contribution is -2.13. The second-order valence-electron chi connectivity index (χ2n) is 4.79. The fourth-order valence-corrected chi connectivity index (χ4v) is 2.72. The number of hydrogen-bond donors (Lipinski definition) is 0. The van der Waals surface area contributed by atoms with Crippen LogP contribution in [0.3, 0.4) is 0 Å². The SMILES string of the molecule is CCOC(=O)C1=Cc2ccccc2C1c1ccccc1. The molecule has 0 radical (unpaired) electrons. The Morgan fingerprint density at radius 1 is 1.05 bits per heavy atom. The van der Waals surface area contributed by atoms with Crippen molar-refractivity contribution in [3.05, 3.63) is 76.9 Å². The van der Waals surface area contributed by atoms with E-state index < -0.39 is 0 Å². The topological polar surface area (TPSA) is 26.3 Å². The molecule has 2 heteroatoms. The zero-order valence-electron chi connectivity index (χ0n) is 11.4. The molecule has 1 unspecified atom stereocenters. The minimum absolute atomic E-state index is 0.0218. The van der Waals surface area contributed by atoms with Crippen molar-refractivity contribution in [1.82, 2.24) is 0 Å². The van der Waals surface area contributed by atoms with Crippen LogP contribution in [0.2, 0.25) is 0 Å². The van der Waals surface area contributed by atoms with Crippen LogP contribution in [0.1, 0.15) is 29.5 Å². The van der Waals surface area contributed by atoms with Gasteiger partial charge in [0.15, 0.2) is 0 Å².